The van der Waals surface area contributed by atoms with E-state index < -0.39 is 0 Å². The van der Waals surface area contributed by atoms with Crippen molar-refractivity contribution in [2.75, 3.05) is 146 Å². The van der Waals surface area contributed by atoms with Gasteiger partial charge in [-0.25, -0.2) is 0 Å². The van der Waals surface area contributed by atoms with Crippen LogP contribution in [0.5, 0.6) is 0 Å². The standard InChI is InChI=1S/C35H59N7O11/c1-42(2)10-9-36-33(43)7-11-45-13-15-47-17-19-49-21-23-51-25-27-53-28-26-52-24-22-50-20-18-48-16-14-46-12-8-34(44)37-29-31-3-5-32(6-4-31)35-40-38-30-39-41-35/h3-6,30H,7-29H2,1-2H3,(H,36,43)(H,37,44). The van der Waals surface area contributed by atoms with Crippen LogP contribution >= 0.6 is 0 Å². The number of aromatic nitrogens is 4. The molecule has 0 aliphatic carbocycles. The highest BCUT2D eigenvalue weighted by molar-refractivity contribution is 5.76. The summed E-state index contributed by atoms with van der Waals surface area (Å²) in [6.07, 6.45) is 1.89. The zero-order valence-corrected chi connectivity index (χ0v) is 31.4. The van der Waals surface area contributed by atoms with E-state index in [0.717, 1.165) is 17.7 Å². The minimum Gasteiger partial charge on any atom is -0.379 e. The maximum Gasteiger partial charge on any atom is 0.222 e. The SMILES string of the molecule is CN(C)CCNC(=O)CCOCCOCCOCCOCCOCCOCCOCCOCCOCCC(=O)NCc1ccc(-c2nncnn2)cc1. The van der Waals surface area contributed by atoms with Gasteiger partial charge >= 0.3 is 0 Å². The quantitative estimate of drug-likeness (QED) is 0.0893. The Morgan fingerprint density at radius 3 is 1.26 bits per heavy atom. The number of nitrogens with one attached hydrogen (secondary N) is 2. The third-order valence-electron chi connectivity index (χ3n) is 6.91. The van der Waals surface area contributed by atoms with Crippen molar-refractivity contribution in [3.05, 3.63) is 36.2 Å². The molecule has 2 N–H and O–H groups in total. The van der Waals surface area contributed by atoms with E-state index in [1.165, 1.54) is 6.33 Å². The molecule has 0 saturated heterocycles. The second-order valence-electron chi connectivity index (χ2n) is 11.5. The number of benzene rings is 1. The minimum atomic E-state index is -0.0894. The fourth-order valence-electron chi connectivity index (χ4n) is 4.08. The molecule has 53 heavy (non-hydrogen) atoms. The van der Waals surface area contributed by atoms with Crippen molar-refractivity contribution >= 4 is 11.8 Å². The van der Waals surface area contributed by atoms with Gasteiger partial charge < -0.3 is 58.2 Å². The number of ether oxygens (including phenoxy) is 9. The van der Waals surface area contributed by atoms with Gasteiger partial charge in [0.2, 0.25) is 17.6 Å². The highest BCUT2D eigenvalue weighted by atomic mass is 16.6. The molecule has 0 unspecified atom stereocenters. The Labute approximate surface area is 312 Å². The van der Waals surface area contributed by atoms with Crippen LogP contribution in [0.4, 0.5) is 0 Å². The molecule has 2 rings (SSSR count). The fraction of sp³-hybridized carbons (Fsp3) is 0.714. The van der Waals surface area contributed by atoms with E-state index in [-0.39, 0.29) is 18.2 Å². The third kappa shape index (κ3) is 27.9. The molecule has 0 fully saturated rings. The summed E-state index contributed by atoms with van der Waals surface area (Å²) in [4.78, 5) is 25.7. The lowest BCUT2D eigenvalue weighted by Crippen LogP contribution is -2.31. The van der Waals surface area contributed by atoms with Gasteiger partial charge in [-0.3, -0.25) is 9.59 Å². The number of likely N-dealkylation sites (N-methyl/N-ethyl adjacent to an activating group) is 1. The van der Waals surface area contributed by atoms with E-state index in [2.05, 4.69) is 31.0 Å². The molecule has 18 heteroatoms. The zero-order valence-electron chi connectivity index (χ0n) is 31.4. The highest BCUT2D eigenvalue weighted by Gasteiger charge is 2.05. The normalized spacial score (nSPS) is 11.3. The Bertz CT molecular complexity index is 1150. The molecule has 0 spiro atoms. The fourth-order valence-corrected chi connectivity index (χ4v) is 4.08. The van der Waals surface area contributed by atoms with Crippen LogP contribution in [0.2, 0.25) is 0 Å². The summed E-state index contributed by atoms with van der Waals surface area (Å²) in [6.45, 7) is 9.95. The lowest BCUT2D eigenvalue weighted by Gasteiger charge is -2.10. The van der Waals surface area contributed by atoms with Gasteiger partial charge in [0.1, 0.15) is 0 Å². The van der Waals surface area contributed by atoms with Crippen LogP contribution in [0, 0.1) is 0 Å². The first-order valence-corrected chi connectivity index (χ1v) is 18.0. The number of nitrogens with zero attached hydrogens (tertiary/aromatic N) is 5. The molecule has 0 bridgehead atoms. The summed E-state index contributed by atoms with van der Waals surface area (Å²) in [5, 5.41) is 21.0. The van der Waals surface area contributed by atoms with Crippen LogP contribution in [0.25, 0.3) is 11.4 Å². The highest BCUT2D eigenvalue weighted by Crippen LogP contribution is 2.13. The van der Waals surface area contributed by atoms with Gasteiger partial charge in [0, 0.05) is 38.0 Å². The molecule has 0 radical (unpaired) electrons. The number of amides is 2. The molecule has 0 saturated carbocycles. The van der Waals surface area contributed by atoms with E-state index in [9.17, 15) is 9.59 Å². The first-order chi connectivity index (χ1) is 26.0. The van der Waals surface area contributed by atoms with Crippen LogP contribution < -0.4 is 10.6 Å². The summed E-state index contributed by atoms with van der Waals surface area (Å²) < 4.78 is 49.2. The Morgan fingerprint density at radius 2 is 0.887 bits per heavy atom. The third-order valence-corrected chi connectivity index (χ3v) is 6.91. The Balaban J connectivity index is 1.20. The first kappa shape index (κ1) is 45.9. The van der Waals surface area contributed by atoms with Gasteiger partial charge in [-0.2, -0.15) is 0 Å². The van der Waals surface area contributed by atoms with E-state index in [0.29, 0.717) is 144 Å². The van der Waals surface area contributed by atoms with Gasteiger partial charge in [-0.05, 0) is 19.7 Å². The van der Waals surface area contributed by atoms with Crippen molar-refractivity contribution < 1.29 is 52.2 Å². The topological polar surface area (TPSA) is 196 Å². The zero-order chi connectivity index (χ0) is 37.9. The van der Waals surface area contributed by atoms with Crippen LogP contribution in [0.1, 0.15) is 18.4 Å². The van der Waals surface area contributed by atoms with Gasteiger partial charge in [0.15, 0.2) is 6.33 Å². The van der Waals surface area contributed by atoms with Gasteiger partial charge in [-0.15, -0.1) is 20.4 Å². The number of carbonyl (C=O) groups is 2. The van der Waals surface area contributed by atoms with Crippen LogP contribution in [-0.4, -0.2) is 183 Å². The number of hydrogen-bond donors (Lipinski definition) is 2. The lowest BCUT2D eigenvalue weighted by molar-refractivity contribution is -0.123. The lowest BCUT2D eigenvalue weighted by atomic mass is 10.1. The molecule has 0 atom stereocenters. The average Bonchev–Trinajstić information content (AvgIpc) is 3.17. The summed E-state index contributed by atoms with van der Waals surface area (Å²) >= 11 is 0. The van der Waals surface area contributed by atoms with Crippen molar-refractivity contribution in [3.8, 4) is 11.4 Å². The predicted molar refractivity (Wildman–Crippen MR) is 193 cm³/mol. The van der Waals surface area contributed by atoms with E-state index in [1.807, 2.05) is 43.3 Å². The molecule has 300 valence electrons. The Morgan fingerprint density at radius 1 is 0.528 bits per heavy atom. The average molecular weight is 754 g/mol. The predicted octanol–water partition coefficient (Wildman–Crippen LogP) is 0.157. The van der Waals surface area contributed by atoms with Crippen LogP contribution in [0.15, 0.2) is 30.6 Å². The van der Waals surface area contributed by atoms with E-state index in [1.54, 1.807) is 0 Å². The molecular formula is C35H59N7O11. The first-order valence-electron chi connectivity index (χ1n) is 18.0. The molecule has 0 aliphatic rings. The van der Waals surface area contributed by atoms with Crippen LogP contribution in [-0.2, 0) is 58.8 Å². The summed E-state index contributed by atoms with van der Waals surface area (Å²) in [6, 6.07) is 7.52. The number of hydrogen-bond acceptors (Lipinski definition) is 16. The van der Waals surface area contributed by atoms with Gasteiger partial charge in [0.25, 0.3) is 0 Å². The number of carbonyl (C=O) groups excluding carboxylic acids is 2. The van der Waals surface area contributed by atoms with Crippen molar-refractivity contribution in [3.63, 3.8) is 0 Å². The second kappa shape index (κ2) is 33.3. The van der Waals surface area contributed by atoms with Crippen molar-refractivity contribution in [2.24, 2.45) is 0 Å². The summed E-state index contributed by atoms with van der Waals surface area (Å²) in [7, 11) is 3.93. The maximum absolute atomic E-state index is 12.1. The molecule has 18 nitrogen and oxygen atoms in total. The van der Waals surface area contributed by atoms with Crippen molar-refractivity contribution in [1.82, 2.24) is 35.9 Å². The molecule has 2 aromatic rings. The van der Waals surface area contributed by atoms with E-state index in [4.69, 9.17) is 42.6 Å². The molecule has 1 heterocycles. The summed E-state index contributed by atoms with van der Waals surface area (Å²) in [5.74, 6) is 0.352. The molecule has 0 aliphatic heterocycles. The largest absolute Gasteiger partial charge is 0.379 e. The monoisotopic (exact) mass is 753 g/mol. The Hall–Kier alpha value is -3.30. The van der Waals surface area contributed by atoms with Crippen molar-refractivity contribution in [1.29, 1.82) is 0 Å². The Kier molecular flexibility index (Phi) is 28.8. The van der Waals surface area contributed by atoms with Crippen molar-refractivity contribution in [2.45, 2.75) is 19.4 Å². The number of rotatable bonds is 36. The maximum atomic E-state index is 12.1. The molecule has 1 aromatic heterocycles. The molecule has 2 amide bonds. The minimum absolute atomic E-state index is 0.00732. The summed E-state index contributed by atoms with van der Waals surface area (Å²) in [5.41, 5.74) is 1.76. The smallest absolute Gasteiger partial charge is 0.222 e. The van der Waals surface area contributed by atoms with Gasteiger partial charge in [-0.1, -0.05) is 24.3 Å². The molecule has 1 aromatic carbocycles. The van der Waals surface area contributed by atoms with Crippen LogP contribution in [0.3, 0.4) is 0 Å². The van der Waals surface area contributed by atoms with Gasteiger partial charge in [0.05, 0.1) is 119 Å². The van der Waals surface area contributed by atoms with E-state index >= 15 is 0 Å². The second-order valence-corrected chi connectivity index (χ2v) is 11.5. The molecular weight excluding hydrogens is 694 g/mol.